The summed E-state index contributed by atoms with van der Waals surface area (Å²) in [5, 5.41) is 0. The molecule has 0 bridgehead atoms. The van der Waals surface area contributed by atoms with Gasteiger partial charge in [0, 0.05) is 0 Å². The van der Waals surface area contributed by atoms with Gasteiger partial charge < -0.3 is 22.1 Å². The molecule has 0 saturated carbocycles. The first-order chi connectivity index (χ1) is 2.00. The van der Waals surface area contributed by atoms with Crippen molar-refractivity contribution >= 4 is 7.82 Å². The average molecular weight is 292 g/mol. The third kappa shape index (κ3) is 55.4. The zero-order chi connectivity index (χ0) is 4.50. The summed E-state index contributed by atoms with van der Waals surface area (Å²) in [6, 6.07) is 0. The minimum absolute atomic E-state index is 0. The Kier molecular flexibility index (Phi) is 81.3. The molecule has 0 heterocycles. The summed E-state index contributed by atoms with van der Waals surface area (Å²) in [4.78, 5) is 25.6. The molecule has 0 N–H and O–H groups in total. The fourth-order valence-electron chi connectivity index (χ4n) is 0. The van der Waals surface area contributed by atoms with Gasteiger partial charge in [0.25, 0.3) is 0 Å². The summed E-state index contributed by atoms with van der Waals surface area (Å²) < 4.78 is 8.55. The van der Waals surface area contributed by atoms with E-state index in [0.29, 0.717) is 0 Å². The average Bonchev–Trinajstić information content (AvgIpc) is 0.722. The van der Waals surface area contributed by atoms with Crippen LogP contribution in [-0.2, 0) is 4.57 Å². The van der Waals surface area contributed by atoms with Gasteiger partial charge in [-0.3, -0.25) is 0 Å². The summed E-state index contributed by atoms with van der Waals surface area (Å²) in [6.45, 7) is 0. The monoisotopic (exact) mass is 292 g/mol. The fourth-order valence-corrected chi connectivity index (χ4v) is 0. The van der Waals surface area contributed by atoms with Crippen LogP contribution in [0.15, 0.2) is 0 Å². The van der Waals surface area contributed by atoms with Gasteiger partial charge in [0.15, 0.2) is 0 Å². The van der Waals surface area contributed by atoms with Crippen LogP contribution >= 0.6 is 7.82 Å². The van der Waals surface area contributed by atoms with Gasteiger partial charge in [0.1, 0.15) is 0 Å². The SMILES string of the molecule is O=P([O-])([O-])[O-].[H-].[H-].[K+].[K+].[K+].[K+].[K+]. The minimum Gasteiger partial charge on any atom is -1.00 e. The maximum atomic E-state index is 8.55. The molecule has 0 aliphatic carbocycles. The quantitative estimate of drug-likeness (QED) is 0.328. The molecule has 36 valence electrons. The van der Waals surface area contributed by atoms with Crippen molar-refractivity contribution in [3.05, 3.63) is 0 Å². The topological polar surface area (TPSA) is 86.2 Å². The van der Waals surface area contributed by atoms with Gasteiger partial charge in [0.05, 0.1) is 0 Å². The van der Waals surface area contributed by atoms with E-state index in [0.717, 1.165) is 0 Å². The first-order valence-corrected chi connectivity index (χ1v) is 2.19. The van der Waals surface area contributed by atoms with E-state index < -0.39 is 7.82 Å². The zero-order valence-electron chi connectivity index (χ0n) is 9.08. The van der Waals surface area contributed by atoms with Crippen molar-refractivity contribution in [1.82, 2.24) is 0 Å². The maximum Gasteiger partial charge on any atom is 1.00 e. The van der Waals surface area contributed by atoms with Crippen molar-refractivity contribution in [1.29, 1.82) is 0 Å². The van der Waals surface area contributed by atoms with E-state index in [-0.39, 0.29) is 260 Å². The first-order valence-electron chi connectivity index (χ1n) is 0.730. The standard InChI is InChI=1S/5K.H3O4P.2H/c;;;;;1-5(2,3)4;;/h;;;;;(H3,1,2,3,4);;/q5*+1;;2*-1/p-3. The van der Waals surface area contributed by atoms with Crippen LogP contribution in [0.2, 0.25) is 0 Å². The van der Waals surface area contributed by atoms with Crippen molar-refractivity contribution in [2.45, 2.75) is 0 Å². The fraction of sp³-hybridized carbons (Fsp3) is 0. The molecule has 0 aromatic carbocycles. The third-order valence-corrected chi connectivity index (χ3v) is 0. The molecule has 0 fully saturated rings. The first kappa shape index (κ1) is 36.2. The Morgan fingerprint density at radius 3 is 0.800 bits per heavy atom. The number of hydrogen-bond donors (Lipinski definition) is 0. The Balaban J connectivity index is -0.00000000381. The third-order valence-electron chi connectivity index (χ3n) is 0. The van der Waals surface area contributed by atoms with Gasteiger partial charge in [-0.2, -0.15) is 7.82 Å². The van der Waals surface area contributed by atoms with Crippen molar-refractivity contribution in [2.75, 3.05) is 0 Å². The van der Waals surface area contributed by atoms with E-state index in [9.17, 15) is 0 Å². The van der Waals surface area contributed by atoms with Gasteiger partial charge in [-0.1, -0.05) is 0 Å². The smallest absolute Gasteiger partial charge is 1.00 e. The number of hydrogen-bond acceptors (Lipinski definition) is 4. The van der Waals surface area contributed by atoms with E-state index >= 15 is 0 Å². The van der Waals surface area contributed by atoms with Crippen LogP contribution in [0.25, 0.3) is 0 Å². The number of rotatable bonds is 0. The van der Waals surface area contributed by atoms with Gasteiger partial charge >= 0.3 is 257 Å². The van der Waals surface area contributed by atoms with Crippen molar-refractivity contribution in [3.63, 3.8) is 0 Å². The van der Waals surface area contributed by atoms with Crippen LogP contribution in [0.1, 0.15) is 2.85 Å². The van der Waals surface area contributed by atoms with Crippen molar-refractivity contribution in [3.8, 4) is 0 Å². The maximum absolute atomic E-state index is 8.55. The molecule has 0 aliphatic heterocycles. The van der Waals surface area contributed by atoms with Crippen LogP contribution < -0.4 is 272 Å². The molecule has 0 spiro atoms. The molecule has 0 saturated heterocycles. The molecule has 0 aromatic heterocycles. The molecule has 10 heavy (non-hydrogen) atoms. The molecule has 0 unspecified atom stereocenters. The van der Waals surface area contributed by atoms with Gasteiger partial charge in [-0.15, -0.1) is 0 Å². The van der Waals surface area contributed by atoms with E-state index in [1.807, 2.05) is 0 Å². The molecule has 0 aromatic rings. The normalized spacial score (nSPS) is 5.90. The van der Waals surface area contributed by atoms with Crippen LogP contribution in [0.3, 0.4) is 0 Å². The van der Waals surface area contributed by atoms with Crippen LogP contribution in [0.4, 0.5) is 0 Å². The Morgan fingerprint density at radius 2 is 0.800 bits per heavy atom. The Morgan fingerprint density at radius 1 is 0.800 bits per heavy atom. The van der Waals surface area contributed by atoms with Crippen LogP contribution in [0.5, 0.6) is 0 Å². The zero-order valence-corrected chi connectivity index (χ0v) is 23.6. The van der Waals surface area contributed by atoms with E-state index in [2.05, 4.69) is 0 Å². The minimum atomic E-state index is -5.39. The van der Waals surface area contributed by atoms with Gasteiger partial charge in [-0.25, -0.2) is 0 Å². The predicted octanol–water partition coefficient (Wildman–Crippen LogP) is -17.6. The van der Waals surface area contributed by atoms with E-state index in [1.54, 1.807) is 0 Å². The predicted molar refractivity (Wildman–Crippen MR) is 9.83 cm³/mol. The Hall–Kier alpha value is 8.29. The van der Waals surface area contributed by atoms with E-state index in [1.165, 1.54) is 0 Å². The van der Waals surface area contributed by atoms with Gasteiger partial charge in [0.2, 0.25) is 0 Å². The summed E-state index contributed by atoms with van der Waals surface area (Å²) in [5.41, 5.74) is 0. The van der Waals surface area contributed by atoms with Gasteiger partial charge in [-0.05, 0) is 0 Å². The summed E-state index contributed by atoms with van der Waals surface area (Å²) in [6.07, 6.45) is 0. The van der Waals surface area contributed by atoms with E-state index in [4.69, 9.17) is 19.2 Å². The van der Waals surface area contributed by atoms with Crippen LogP contribution in [0, 0.1) is 0 Å². The Bertz CT molecular complexity index is 67.6. The molecule has 4 nitrogen and oxygen atoms in total. The van der Waals surface area contributed by atoms with Crippen molar-refractivity contribution < 1.29 is 279 Å². The molecule has 0 aliphatic rings. The molecule has 0 radical (unpaired) electrons. The summed E-state index contributed by atoms with van der Waals surface area (Å²) in [7, 11) is -5.39. The molecular weight excluding hydrogens is 290 g/mol. The largest absolute Gasteiger partial charge is 1.00 e. The molecular formula is H2K5O4P. The summed E-state index contributed by atoms with van der Waals surface area (Å²) >= 11 is 0. The summed E-state index contributed by atoms with van der Waals surface area (Å²) in [5.74, 6) is 0. The molecule has 0 rings (SSSR count). The molecule has 0 atom stereocenters. The second-order valence-electron chi connectivity index (χ2n) is 0.447. The van der Waals surface area contributed by atoms with Crippen molar-refractivity contribution in [2.24, 2.45) is 0 Å². The Labute approximate surface area is 276 Å². The molecule has 10 heteroatoms. The van der Waals surface area contributed by atoms with Crippen LogP contribution in [-0.4, -0.2) is 0 Å². The second kappa shape index (κ2) is 22.5. The number of phosphoric acid groups is 1. The second-order valence-corrected chi connectivity index (χ2v) is 1.34. The molecule has 0 amide bonds.